The summed E-state index contributed by atoms with van der Waals surface area (Å²) in [5, 5.41) is 9.34. The summed E-state index contributed by atoms with van der Waals surface area (Å²) in [5.41, 5.74) is 2.00. The van der Waals surface area contributed by atoms with Gasteiger partial charge in [0, 0.05) is 58.1 Å². The van der Waals surface area contributed by atoms with Gasteiger partial charge in [0.1, 0.15) is 5.82 Å². The van der Waals surface area contributed by atoms with Gasteiger partial charge >= 0.3 is 0 Å². The van der Waals surface area contributed by atoms with E-state index in [0.717, 1.165) is 56.2 Å². The normalized spacial score (nSPS) is 26.2. The van der Waals surface area contributed by atoms with E-state index in [9.17, 15) is 5.11 Å². The average Bonchev–Trinajstić information content (AvgIpc) is 2.62. The van der Waals surface area contributed by atoms with Crippen LogP contribution in [0.4, 0.5) is 5.82 Å². The van der Waals surface area contributed by atoms with Crippen LogP contribution in [0.2, 0.25) is 0 Å². The molecule has 0 spiro atoms. The molecule has 0 unspecified atom stereocenters. The summed E-state index contributed by atoms with van der Waals surface area (Å²) in [5.74, 6) is 1.64. The van der Waals surface area contributed by atoms with Crippen molar-refractivity contribution in [1.82, 2.24) is 19.8 Å². The number of rotatable bonds is 5. The second-order valence-corrected chi connectivity index (χ2v) is 7.69. The van der Waals surface area contributed by atoms with Crippen molar-refractivity contribution < 1.29 is 5.11 Å². The molecular formula is C19H33N5O. The third kappa shape index (κ3) is 4.49. The molecule has 0 saturated carbocycles. The van der Waals surface area contributed by atoms with Crippen molar-refractivity contribution in [2.75, 3.05) is 57.8 Å². The van der Waals surface area contributed by atoms with Crippen LogP contribution in [-0.2, 0) is 0 Å². The molecule has 0 aromatic carbocycles. The average molecular weight is 348 g/mol. The van der Waals surface area contributed by atoms with Crippen molar-refractivity contribution in [1.29, 1.82) is 0 Å². The van der Waals surface area contributed by atoms with Crippen molar-refractivity contribution in [3.8, 4) is 0 Å². The van der Waals surface area contributed by atoms with Crippen molar-refractivity contribution in [2.45, 2.75) is 39.2 Å². The number of likely N-dealkylation sites (N-methyl/N-ethyl adjacent to an activating group) is 1. The smallest absolute Gasteiger partial charge is 0.150 e. The van der Waals surface area contributed by atoms with Gasteiger partial charge in [-0.3, -0.25) is 9.88 Å². The topological polar surface area (TPSA) is 55.7 Å². The van der Waals surface area contributed by atoms with E-state index in [4.69, 9.17) is 4.98 Å². The first-order valence-corrected chi connectivity index (χ1v) is 9.67. The summed E-state index contributed by atoms with van der Waals surface area (Å²) >= 11 is 0. The second kappa shape index (κ2) is 8.43. The van der Waals surface area contributed by atoms with Gasteiger partial charge in [-0.15, -0.1) is 0 Å². The molecular weight excluding hydrogens is 314 g/mol. The van der Waals surface area contributed by atoms with E-state index < -0.39 is 0 Å². The Hall–Kier alpha value is -1.24. The number of nitrogens with zero attached hydrogens (tertiary/aromatic N) is 5. The van der Waals surface area contributed by atoms with Crippen LogP contribution >= 0.6 is 0 Å². The van der Waals surface area contributed by atoms with E-state index in [1.807, 2.05) is 13.1 Å². The van der Waals surface area contributed by atoms with Crippen LogP contribution in [0.5, 0.6) is 0 Å². The van der Waals surface area contributed by atoms with Gasteiger partial charge in [0.05, 0.1) is 11.4 Å². The van der Waals surface area contributed by atoms with E-state index in [0.29, 0.717) is 12.0 Å². The summed E-state index contributed by atoms with van der Waals surface area (Å²) in [4.78, 5) is 16.8. The highest BCUT2D eigenvalue weighted by atomic mass is 16.2. The minimum Gasteiger partial charge on any atom is -0.396 e. The van der Waals surface area contributed by atoms with E-state index in [1.54, 1.807) is 0 Å². The summed E-state index contributed by atoms with van der Waals surface area (Å²) in [7, 11) is 2.21. The number of aryl methyl sites for hydroxylation is 2. The Morgan fingerprint density at radius 3 is 2.64 bits per heavy atom. The van der Waals surface area contributed by atoms with Gasteiger partial charge in [-0.1, -0.05) is 0 Å². The largest absolute Gasteiger partial charge is 0.396 e. The molecule has 2 atom stereocenters. The van der Waals surface area contributed by atoms with Crippen LogP contribution in [0.15, 0.2) is 6.20 Å². The van der Waals surface area contributed by atoms with Crippen LogP contribution in [0.3, 0.4) is 0 Å². The number of aromatic nitrogens is 2. The molecule has 0 bridgehead atoms. The zero-order valence-electron chi connectivity index (χ0n) is 16.0. The maximum absolute atomic E-state index is 9.34. The fourth-order valence-corrected chi connectivity index (χ4v) is 4.31. The van der Waals surface area contributed by atoms with Crippen LogP contribution in [0, 0.1) is 19.8 Å². The lowest BCUT2D eigenvalue weighted by Crippen LogP contribution is -2.56. The summed E-state index contributed by atoms with van der Waals surface area (Å²) in [6.45, 7) is 11.1. The zero-order chi connectivity index (χ0) is 17.8. The Bertz CT molecular complexity index is 559. The Morgan fingerprint density at radius 1 is 1.16 bits per heavy atom. The number of aliphatic hydroxyl groups excluding tert-OH is 1. The molecule has 6 heteroatoms. The van der Waals surface area contributed by atoms with Gasteiger partial charge in [0.25, 0.3) is 0 Å². The monoisotopic (exact) mass is 347 g/mol. The maximum Gasteiger partial charge on any atom is 0.150 e. The van der Waals surface area contributed by atoms with Crippen molar-refractivity contribution in [3.63, 3.8) is 0 Å². The lowest BCUT2D eigenvalue weighted by atomic mass is 9.86. The molecule has 25 heavy (non-hydrogen) atoms. The predicted molar refractivity (Wildman–Crippen MR) is 101 cm³/mol. The molecule has 2 fully saturated rings. The molecule has 0 radical (unpaired) electrons. The standard InChI is InChI=1S/C19H33N5O/c1-15-13-20-16(2)19(21-15)24-7-6-18(17(14-24)5-4-12-25)23-10-8-22(3)9-11-23/h13,17-18,25H,4-12,14H2,1-3H3/t17-,18+/m0/s1. The quantitative estimate of drug-likeness (QED) is 0.867. The second-order valence-electron chi connectivity index (χ2n) is 7.69. The number of anilines is 1. The minimum absolute atomic E-state index is 0.287. The van der Waals surface area contributed by atoms with E-state index in [1.165, 1.54) is 19.5 Å². The van der Waals surface area contributed by atoms with Gasteiger partial charge in [0.15, 0.2) is 0 Å². The molecule has 3 rings (SSSR count). The summed E-state index contributed by atoms with van der Waals surface area (Å²) in [6.07, 6.45) is 5.00. The number of piperidine rings is 1. The molecule has 0 amide bonds. The van der Waals surface area contributed by atoms with E-state index >= 15 is 0 Å². The molecule has 1 N–H and O–H groups in total. The molecule has 1 aromatic heterocycles. The minimum atomic E-state index is 0.287. The van der Waals surface area contributed by atoms with Gasteiger partial charge in [-0.25, -0.2) is 4.98 Å². The van der Waals surface area contributed by atoms with Gasteiger partial charge in [-0.05, 0) is 46.1 Å². The number of aliphatic hydroxyl groups is 1. The van der Waals surface area contributed by atoms with E-state index in [-0.39, 0.29) is 6.61 Å². The first kappa shape index (κ1) is 18.5. The van der Waals surface area contributed by atoms with Gasteiger partial charge < -0.3 is 14.9 Å². The summed E-state index contributed by atoms with van der Waals surface area (Å²) < 4.78 is 0. The molecule has 3 heterocycles. The Balaban J connectivity index is 1.72. The first-order valence-electron chi connectivity index (χ1n) is 9.67. The number of hydrogen-bond acceptors (Lipinski definition) is 6. The highest BCUT2D eigenvalue weighted by molar-refractivity contribution is 5.44. The SMILES string of the molecule is Cc1cnc(C)c(N2CC[C@@H](N3CCN(C)CC3)[C@@H](CCCO)C2)n1. The third-order valence-electron chi connectivity index (χ3n) is 5.78. The van der Waals surface area contributed by atoms with Crippen molar-refractivity contribution in [2.24, 2.45) is 5.92 Å². The van der Waals surface area contributed by atoms with Crippen molar-refractivity contribution >= 4 is 5.82 Å². The summed E-state index contributed by atoms with van der Waals surface area (Å²) in [6, 6.07) is 0.634. The fourth-order valence-electron chi connectivity index (χ4n) is 4.31. The molecule has 140 valence electrons. The van der Waals surface area contributed by atoms with Crippen LogP contribution < -0.4 is 4.90 Å². The van der Waals surface area contributed by atoms with Crippen LogP contribution in [-0.4, -0.2) is 83.8 Å². The lowest BCUT2D eigenvalue weighted by Gasteiger charge is -2.47. The van der Waals surface area contributed by atoms with Crippen molar-refractivity contribution in [3.05, 3.63) is 17.6 Å². The number of piperazine rings is 1. The number of hydrogen-bond donors (Lipinski definition) is 1. The Morgan fingerprint density at radius 2 is 1.92 bits per heavy atom. The fraction of sp³-hybridized carbons (Fsp3) is 0.789. The molecule has 0 aliphatic carbocycles. The predicted octanol–water partition coefficient (Wildman–Crippen LogP) is 1.31. The van der Waals surface area contributed by atoms with Gasteiger partial charge in [0.2, 0.25) is 0 Å². The first-order chi connectivity index (χ1) is 12.1. The van der Waals surface area contributed by atoms with Crippen LogP contribution in [0.1, 0.15) is 30.7 Å². The Labute approximate surface area is 151 Å². The van der Waals surface area contributed by atoms with Crippen LogP contribution in [0.25, 0.3) is 0 Å². The molecule has 2 saturated heterocycles. The van der Waals surface area contributed by atoms with E-state index in [2.05, 4.69) is 33.7 Å². The third-order valence-corrected chi connectivity index (χ3v) is 5.78. The molecule has 2 aliphatic rings. The lowest BCUT2D eigenvalue weighted by molar-refractivity contribution is 0.0637. The zero-order valence-corrected chi connectivity index (χ0v) is 16.0. The highest BCUT2D eigenvalue weighted by Crippen LogP contribution is 2.30. The van der Waals surface area contributed by atoms with Gasteiger partial charge in [-0.2, -0.15) is 0 Å². The Kier molecular flexibility index (Phi) is 6.25. The molecule has 1 aromatic rings. The molecule has 2 aliphatic heterocycles. The highest BCUT2D eigenvalue weighted by Gasteiger charge is 2.34. The maximum atomic E-state index is 9.34. The molecule has 6 nitrogen and oxygen atoms in total.